The Bertz CT molecular complexity index is 1140. The van der Waals surface area contributed by atoms with Gasteiger partial charge in [0.1, 0.15) is 6.29 Å². The predicted molar refractivity (Wildman–Crippen MR) is 133 cm³/mol. The van der Waals surface area contributed by atoms with Gasteiger partial charge in [-0.05, 0) is 48.6 Å². The maximum absolute atomic E-state index is 12.2. The Hall–Kier alpha value is -3.47. The first-order chi connectivity index (χ1) is 16.0. The molecular formula is C18H20N6O7S3. The molecule has 2 aromatic rings. The Kier molecular flexibility index (Phi) is 9.55. The van der Waals surface area contributed by atoms with Crippen molar-refractivity contribution in [2.45, 2.75) is 11.8 Å². The summed E-state index contributed by atoms with van der Waals surface area (Å²) in [5.74, 6) is -1.39. The lowest BCUT2D eigenvalue weighted by molar-refractivity contribution is -0.384. The van der Waals surface area contributed by atoms with Gasteiger partial charge in [0.2, 0.25) is 5.91 Å². The van der Waals surface area contributed by atoms with E-state index in [0.29, 0.717) is 17.7 Å². The maximum atomic E-state index is 12.2. The van der Waals surface area contributed by atoms with Crippen LogP contribution in [0.15, 0.2) is 48.5 Å². The van der Waals surface area contributed by atoms with Crippen molar-refractivity contribution < 1.29 is 27.5 Å². The van der Waals surface area contributed by atoms with Gasteiger partial charge in [0.05, 0.1) is 21.9 Å². The van der Waals surface area contributed by atoms with Gasteiger partial charge in [0.15, 0.2) is 5.11 Å². The standard InChI is InChI=1S/C18H20N6O7S3/c25-10-11(17(32)19-12-1-3-14(4-2-12)23-34(29,30)31)9-16(26)21-22-18(33)20-13-5-7-15(8-6-13)24(27)28/h1-8,10-11,17,19,23,32H,9H2,(H,21,26)(H2,20,22,33)(H,29,30,31). The first-order valence-electron chi connectivity index (χ1n) is 9.32. The van der Waals surface area contributed by atoms with Crippen LogP contribution in [0.2, 0.25) is 0 Å². The Morgan fingerprint density at radius 3 is 2.18 bits per heavy atom. The third-order valence-corrected chi connectivity index (χ3v) is 5.31. The molecule has 1 amide bonds. The van der Waals surface area contributed by atoms with Crippen molar-refractivity contribution in [1.82, 2.24) is 10.9 Å². The number of amides is 1. The highest BCUT2D eigenvalue weighted by Crippen LogP contribution is 2.20. The average Bonchev–Trinajstić information content (AvgIpc) is 2.76. The van der Waals surface area contributed by atoms with Crippen molar-refractivity contribution in [3.8, 4) is 0 Å². The summed E-state index contributed by atoms with van der Waals surface area (Å²) in [7, 11) is -4.40. The number of nitro groups is 1. The van der Waals surface area contributed by atoms with Crippen LogP contribution in [0.3, 0.4) is 0 Å². The van der Waals surface area contributed by atoms with Gasteiger partial charge >= 0.3 is 10.3 Å². The van der Waals surface area contributed by atoms with Gasteiger partial charge in [0.25, 0.3) is 5.69 Å². The zero-order valence-electron chi connectivity index (χ0n) is 17.2. The number of aldehydes is 1. The summed E-state index contributed by atoms with van der Waals surface area (Å²) in [6.07, 6.45) is 0.326. The van der Waals surface area contributed by atoms with Gasteiger partial charge in [-0.3, -0.25) is 35.0 Å². The Balaban J connectivity index is 1.82. The Morgan fingerprint density at radius 1 is 1.09 bits per heavy atom. The van der Waals surface area contributed by atoms with Crippen molar-refractivity contribution >= 4 is 75.2 Å². The second-order valence-corrected chi connectivity index (χ2v) is 8.80. The second-order valence-electron chi connectivity index (χ2n) is 6.68. The van der Waals surface area contributed by atoms with E-state index in [0.717, 1.165) is 0 Å². The van der Waals surface area contributed by atoms with Crippen molar-refractivity contribution in [1.29, 1.82) is 0 Å². The average molecular weight is 529 g/mol. The molecule has 0 aromatic heterocycles. The van der Waals surface area contributed by atoms with E-state index in [9.17, 15) is 28.1 Å². The van der Waals surface area contributed by atoms with Gasteiger partial charge in [0, 0.05) is 29.9 Å². The van der Waals surface area contributed by atoms with Crippen LogP contribution in [0, 0.1) is 16.0 Å². The van der Waals surface area contributed by atoms with Gasteiger partial charge in [-0.25, -0.2) is 0 Å². The third-order valence-electron chi connectivity index (χ3n) is 4.10. The molecule has 6 N–H and O–H groups in total. The largest absolute Gasteiger partial charge is 0.373 e. The number of nitrogens with one attached hydrogen (secondary N) is 5. The van der Waals surface area contributed by atoms with E-state index in [4.69, 9.17) is 16.8 Å². The number of thiocarbonyl (C=S) groups is 1. The number of hydrogen-bond donors (Lipinski definition) is 7. The second kappa shape index (κ2) is 12.1. The molecule has 0 heterocycles. The number of thiol groups is 1. The molecule has 182 valence electrons. The lowest BCUT2D eigenvalue weighted by atomic mass is 10.1. The topological polar surface area (TPSA) is 192 Å². The van der Waals surface area contributed by atoms with Crippen LogP contribution in [0.1, 0.15) is 6.42 Å². The minimum absolute atomic E-state index is 0.0176. The van der Waals surface area contributed by atoms with Crippen LogP contribution in [0.5, 0.6) is 0 Å². The van der Waals surface area contributed by atoms with Crippen molar-refractivity contribution in [3.63, 3.8) is 0 Å². The molecule has 0 spiro atoms. The molecule has 2 unspecified atom stereocenters. The van der Waals surface area contributed by atoms with Gasteiger partial charge in [-0.1, -0.05) is 0 Å². The molecule has 0 fully saturated rings. The number of nitrogens with zero attached hydrogens (tertiary/aromatic N) is 1. The zero-order valence-corrected chi connectivity index (χ0v) is 19.7. The van der Waals surface area contributed by atoms with Crippen LogP contribution in [0.25, 0.3) is 0 Å². The van der Waals surface area contributed by atoms with E-state index in [2.05, 4.69) is 34.1 Å². The lowest BCUT2D eigenvalue weighted by Gasteiger charge is -2.21. The molecule has 0 aliphatic rings. The number of rotatable bonds is 10. The monoisotopic (exact) mass is 528 g/mol. The number of carbonyl (C=O) groups excluding carboxylic acids is 2. The first-order valence-corrected chi connectivity index (χ1v) is 11.7. The highest BCUT2D eigenvalue weighted by atomic mass is 32.2. The molecule has 0 bridgehead atoms. The number of nitro benzene ring substituents is 1. The molecule has 16 heteroatoms. The molecule has 13 nitrogen and oxygen atoms in total. The molecule has 0 saturated heterocycles. The van der Waals surface area contributed by atoms with Gasteiger partial charge in [-0.2, -0.15) is 21.0 Å². The fourth-order valence-corrected chi connectivity index (χ4v) is 3.44. The summed E-state index contributed by atoms with van der Waals surface area (Å²) >= 11 is 9.34. The van der Waals surface area contributed by atoms with Crippen LogP contribution >= 0.6 is 24.8 Å². The van der Waals surface area contributed by atoms with Crippen LogP contribution < -0.4 is 26.2 Å². The number of hydrogen-bond acceptors (Lipinski definition) is 9. The van der Waals surface area contributed by atoms with E-state index in [-0.39, 0.29) is 22.9 Å². The van der Waals surface area contributed by atoms with E-state index in [1.54, 1.807) is 0 Å². The molecule has 0 radical (unpaired) electrons. The van der Waals surface area contributed by atoms with Crippen LogP contribution in [-0.2, 0) is 19.9 Å². The number of non-ortho nitro benzene ring substituents is 1. The maximum Gasteiger partial charge on any atom is 0.357 e. The molecular weight excluding hydrogens is 508 g/mol. The number of hydrazine groups is 1. The quantitative estimate of drug-likeness (QED) is 0.0451. The zero-order chi connectivity index (χ0) is 25.3. The molecule has 2 rings (SSSR count). The summed E-state index contributed by atoms with van der Waals surface area (Å²) in [4.78, 5) is 33.8. The summed E-state index contributed by atoms with van der Waals surface area (Å²) in [5, 5.41) is 15.6. The predicted octanol–water partition coefficient (Wildman–Crippen LogP) is 1.70. The first kappa shape index (κ1) is 26.8. The summed E-state index contributed by atoms with van der Waals surface area (Å²) < 4.78 is 32.3. The Morgan fingerprint density at radius 2 is 1.65 bits per heavy atom. The van der Waals surface area contributed by atoms with E-state index >= 15 is 0 Å². The molecule has 2 atom stereocenters. The smallest absolute Gasteiger partial charge is 0.357 e. The third kappa shape index (κ3) is 9.18. The summed E-state index contributed by atoms with van der Waals surface area (Å²) in [6.45, 7) is 0. The van der Waals surface area contributed by atoms with E-state index < -0.39 is 32.4 Å². The van der Waals surface area contributed by atoms with E-state index in [1.807, 2.05) is 4.72 Å². The van der Waals surface area contributed by atoms with E-state index in [1.165, 1.54) is 48.5 Å². The minimum Gasteiger partial charge on any atom is -0.373 e. The van der Waals surface area contributed by atoms with Gasteiger partial charge in [-0.15, -0.1) is 0 Å². The van der Waals surface area contributed by atoms with Crippen molar-refractivity contribution in [3.05, 3.63) is 58.6 Å². The van der Waals surface area contributed by atoms with Crippen LogP contribution in [-0.4, -0.2) is 40.6 Å². The highest BCUT2D eigenvalue weighted by molar-refractivity contribution is 7.87. The van der Waals surface area contributed by atoms with Gasteiger partial charge < -0.3 is 15.4 Å². The highest BCUT2D eigenvalue weighted by Gasteiger charge is 2.21. The number of anilines is 3. The molecule has 2 aromatic carbocycles. The number of benzene rings is 2. The number of carbonyl (C=O) groups is 2. The molecule has 34 heavy (non-hydrogen) atoms. The molecule has 0 aliphatic carbocycles. The van der Waals surface area contributed by atoms with Crippen LogP contribution in [0.4, 0.5) is 22.7 Å². The van der Waals surface area contributed by atoms with Crippen molar-refractivity contribution in [2.75, 3.05) is 15.4 Å². The normalized spacial score (nSPS) is 12.5. The summed E-state index contributed by atoms with van der Waals surface area (Å²) in [5.41, 5.74) is 5.78. The lowest BCUT2D eigenvalue weighted by Crippen LogP contribution is -2.45. The summed E-state index contributed by atoms with van der Waals surface area (Å²) in [6, 6.07) is 11.2. The molecule has 0 aliphatic heterocycles. The molecule has 0 saturated carbocycles. The Labute approximate surface area is 205 Å². The SMILES string of the molecule is O=CC(CC(=O)NNC(=S)Nc1ccc([N+](=O)[O-])cc1)C(S)Nc1ccc(NS(=O)(=O)O)cc1. The fourth-order valence-electron chi connectivity index (χ4n) is 2.52. The van der Waals surface area contributed by atoms with Crippen molar-refractivity contribution in [2.24, 2.45) is 5.92 Å². The minimum atomic E-state index is -4.40. The fraction of sp³-hybridized carbons (Fsp3) is 0.167.